The first-order valence-corrected chi connectivity index (χ1v) is 8.81. The van der Waals surface area contributed by atoms with E-state index in [0.29, 0.717) is 0 Å². The summed E-state index contributed by atoms with van der Waals surface area (Å²) in [6, 6.07) is 0. The lowest BCUT2D eigenvalue weighted by Crippen LogP contribution is -2.12. The predicted octanol–water partition coefficient (Wildman–Crippen LogP) is -3.68. The number of halogens is 4. The fraction of sp³-hybridized carbons (Fsp3) is 0. The van der Waals surface area contributed by atoms with Crippen LogP contribution in [0.3, 0.4) is 0 Å². The zero-order valence-corrected chi connectivity index (χ0v) is 18.6. The smallest absolute Gasteiger partial charge is 0.346 e. The molecule has 0 fully saturated rings. The maximum Gasteiger partial charge on any atom is 0.346 e. The zero-order chi connectivity index (χ0) is 27.4. The minimum atomic E-state index is -0.713. The molecule has 0 aromatic carbocycles. The molecular formula is C16H20F4N12O6. The van der Waals surface area contributed by atoms with Crippen LogP contribution in [0.15, 0.2) is 44.0 Å². The van der Waals surface area contributed by atoms with Crippen molar-refractivity contribution in [1.29, 1.82) is 0 Å². The van der Waals surface area contributed by atoms with E-state index in [1.807, 2.05) is 19.9 Å². The van der Waals surface area contributed by atoms with Gasteiger partial charge in [0.15, 0.2) is 23.3 Å². The van der Waals surface area contributed by atoms with Crippen LogP contribution in [0.1, 0.15) is 0 Å². The van der Waals surface area contributed by atoms with Gasteiger partial charge in [-0.1, -0.05) is 0 Å². The summed E-state index contributed by atoms with van der Waals surface area (Å²) in [5, 5.41) is 0. The van der Waals surface area contributed by atoms with Crippen molar-refractivity contribution in [2.45, 2.75) is 0 Å². The third kappa shape index (κ3) is 12.2. The number of H-pyrrole nitrogens is 4. The molecule has 4 aromatic heterocycles. The van der Waals surface area contributed by atoms with Crippen molar-refractivity contribution in [3.63, 3.8) is 0 Å². The summed E-state index contributed by atoms with van der Waals surface area (Å²) in [5.74, 6) is -3.98. The fourth-order valence-corrected chi connectivity index (χ4v) is 1.57. The van der Waals surface area contributed by atoms with Crippen molar-refractivity contribution in [2.24, 2.45) is 0 Å². The molecule has 0 spiro atoms. The first-order chi connectivity index (χ1) is 16.8. The van der Waals surface area contributed by atoms with Gasteiger partial charge < -0.3 is 33.9 Å². The van der Waals surface area contributed by atoms with Crippen molar-refractivity contribution in [3.8, 4) is 0 Å². The first kappa shape index (κ1) is 34.5. The van der Waals surface area contributed by atoms with Crippen molar-refractivity contribution >= 4 is 23.3 Å². The number of hydrogen-bond acceptors (Lipinski definition) is 12. The van der Waals surface area contributed by atoms with E-state index in [-0.39, 0.29) is 34.2 Å². The Labute approximate surface area is 205 Å². The molecule has 4 aromatic rings. The standard InChI is InChI=1S/4C4H4FN3O.2H2O/c4*5-2-1-7-4(9)8-3(2)6;;/h4*1H,(H3,6,7,8,9);2*1H2. The monoisotopic (exact) mass is 552 g/mol. The Kier molecular flexibility index (Phi) is 14.6. The number of nitrogens with zero attached hydrogens (tertiary/aromatic N) is 4. The van der Waals surface area contributed by atoms with Crippen LogP contribution in [0.5, 0.6) is 0 Å². The number of aromatic nitrogens is 8. The highest BCUT2D eigenvalue weighted by molar-refractivity contribution is 5.27. The van der Waals surface area contributed by atoms with Crippen LogP contribution in [0.4, 0.5) is 40.8 Å². The molecule has 18 nitrogen and oxygen atoms in total. The van der Waals surface area contributed by atoms with E-state index in [2.05, 4.69) is 19.9 Å². The van der Waals surface area contributed by atoms with Gasteiger partial charge in [-0.25, -0.2) is 36.7 Å². The number of nitrogen functional groups attached to an aromatic ring is 4. The van der Waals surface area contributed by atoms with Crippen molar-refractivity contribution in [1.82, 2.24) is 39.9 Å². The normalized spacial score (nSPS) is 8.95. The third-order valence-corrected chi connectivity index (χ3v) is 3.18. The van der Waals surface area contributed by atoms with Crippen LogP contribution in [-0.2, 0) is 0 Å². The Morgan fingerprint density at radius 3 is 0.711 bits per heavy atom. The molecule has 38 heavy (non-hydrogen) atoms. The van der Waals surface area contributed by atoms with Gasteiger partial charge in [0.05, 0.1) is 24.8 Å². The molecule has 208 valence electrons. The summed E-state index contributed by atoms with van der Waals surface area (Å²) in [6.45, 7) is 0. The number of rotatable bonds is 0. The number of nitrogens with two attached hydrogens (primary N) is 4. The Balaban J connectivity index is 0. The van der Waals surface area contributed by atoms with Gasteiger partial charge in [-0.15, -0.1) is 0 Å². The summed E-state index contributed by atoms with van der Waals surface area (Å²) >= 11 is 0. The summed E-state index contributed by atoms with van der Waals surface area (Å²) < 4.78 is 48.6. The molecule has 0 amide bonds. The van der Waals surface area contributed by atoms with E-state index < -0.39 is 46.0 Å². The Morgan fingerprint density at radius 1 is 0.447 bits per heavy atom. The van der Waals surface area contributed by atoms with Crippen LogP contribution in [0, 0.1) is 23.3 Å². The number of anilines is 4. The molecule has 0 aliphatic heterocycles. The highest BCUT2D eigenvalue weighted by Crippen LogP contribution is 1.98. The topological polar surface area (TPSA) is 350 Å². The van der Waals surface area contributed by atoms with Crippen molar-refractivity contribution in [2.75, 3.05) is 22.9 Å². The van der Waals surface area contributed by atoms with Crippen LogP contribution >= 0.6 is 0 Å². The first-order valence-electron chi connectivity index (χ1n) is 8.81. The Hall–Kier alpha value is -5.64. The second-order valence-corrected chi connectivity index (χ2v) is 5.80. The van der Waals surface area contributed by atoms with Gasteiger partial charge in [-0.3, -0.25) is 19.9 Å². The molecule has 4 rings (SSSR count). The Bertz CT molecular complexity index is 1310. The molecule has 16 N–H and O–H groups in total. The number of aromatic amines is 4. The lowest BCUT2D eigenvalue weighted by Gasteiger charge is -1.89. The summed E-state index contributed by atoms with van der Waals surface area (Å²) in [6.07, 6.45) is 3.09. The molecule has 0 aliphatic carbocycles. The van der Waals surface area contributed by atoms with Gasteiger partial charge in [-0.05, 0) is 0 Å². The quantitative estimate of drug-likeness (QED) is 0.0977. The van der Waals surface area contributed by atoms with Gasteiger partial charge >= 0.3 is 22.8 Å². The van der Waals surface area contributed by atoms with Crippen molar-refractivity contribution in [3.05, 3.63) is 90.0 Å². The zero-order valence-electron chi connectivity index (χ0n) is 18.6. The predicted molar refractivity (Wildman–Crippen MR) is 124 cm³/mol. The molecule has 0 unspecified atom stereocenters. The summed E-state index contributed by atoms with van der Waals surface area (Å²) in [7, 11) is 0. The van der Waals surface area contributed by atoms with E-state index in [1.54, 1.807) is 0 Å². The average molecular weight is 552 g/mol. The van der Waals surface area contributed by atoms with E-state index >= 15 is 0 Å². The second-order valence-electron chi connectivity index (χ2n) is 5.80. The molecule has 0 aliphatic rings. The molecular weight excluding hydrogens is 532 g/mol. The molecule has 22 heteroatoms. The fourth-order valence-electron chi connectivity index (χ4n) is 1.57. The minimum Gasteiger partial charge on any atom is -0.412 e. The second kappa shape index (κ2) is 16.1. The van der Waals surface area contributed by atoms with Gasteiger partial charge in [0, 0.05) is 0 Å². The minimum absolute atomic E-state index is 0. The van der Waals surface area contributed by atoms with Crippen LogP contribution in [0.25, 0.3) is 0 Å². The number of nitrogens with one attached hydrogen (secondary N) is 4. The van der Waals surface area contributed by atoms with Crippen LogP contribution in [0.2, 0.25) is 0 Å². The Morgan fingerprint density at radius 2 is 0.605 bits per heavy atom. The maximum absolute atomic E-state index is 12.1. The lowest BCUT2D eigenvalue weighted by atomic mass is 10.6. The molecule has 0 radical (unpaired) electrons. The maximum atomic E-state index is 12.1. The molecule has 0 bridgehead atoms. The van der Waals surface area contributed by atoms with Crippen LogP contribution in [-0.4, -0.2) is 50.8 Å². The van der Waals surface area contributed by atoms with Crippen molar-refractivity contribution < 1.29 is 28.5 Å². The molecule has 0 atom stereocenters. The molecule has 4 heterocycles. The van der Waals surface area contributed by atoms with E-state index in [9.17, 15) is 36.7 Å². The molecule has 0 saturated carbocycles. The van der Waals surface area contributed by atoms with Gasteiger partial charge in [0.1, 0.15) is 23.3 Å². The van der Waals surface area contributed by atoms with Crippen LogP contribution < -0.4 is 45.7 Å². The number of hydrogen-bond donors (Lipinski definition) is 8. The highest BCUT2D eigenvalue weighted by atomic mass is 19.1. The highest BCUT2D eigenvalue weighted by Gasteiger charge is 1.97. The summed E-state index contributed by atoms with van der Waals surface area (Å²) in [5.41, 5.74) is 17.2. The van der Waals surface area contributed by atoms with Gasteiger partial charge in [0.25, 0.3) is 0 Å². The van der Waals surface area contributed by atoms with E-state index in [1.165, 1.54) is 0 Å². The SMILES string of the molecule is Nc1[nH]c(=O)ncc1F.Nc1[nH]c(=O)ncc1F.Nc1[nH]c(=O)ncc1F.Nc1[nH]c(=O)ncc1F.O.O. The summed E-state index contributed by atoms with van der Waals surface area (Å²) in [4.78, 5) is 61.1. The van der Waals surface area contributed by atoms with E-state index in [4.69, 9.17) is 22.9 Å². The van der Waals surface area contributed by atoms with Gasteiger partial charge in [0.2, 0.25) is 0 Å². The largest absolute Gasteiger partial charge is 0.412 e. The van der Waals surface area contributed by atoms with E-state index in [0.717, 1.165) is 24.8 Å². The average Bonchev–Trinajstić information content (AvgIpc) is 2.81. The third-order valence-electron chi connectivity index (χ3n) is 3.18. The van der Waals surface area contributed by atoms with Gasteiger partial charge in [-0.2, -0.15) is 19.9 Å². The lowest BCUT2D eigenvalue weighted by molar-refractivity contribution is 0.617. The molecule has 0 saturated heterocycles.